The summed E-state index contributed by atoms with van der Waals surface area (Å²) in [6.07, 6.45) is 9.72. The Labute approximate surface area is 155 Å². The van der Waals surface area contributed by atoms with Crippen molar-refractivity contribution in [2.45, 2.75) is 32.7 Å². The average Bonchev–Trinajstić information content (AvgIpc) is 3.11. The van der Waals surface area contributed by atoms with Gasteiger partial charge < -0.3 is 0 Å². The molecular weight excluding hydrogens is 352 g/mol. The van der Waals surface area contributed by atoms with Gasteiger partial charge in [0.25, 0.3) is 10.2 Å². The molecule has 0 saturated carbocycles. The quantitative estimate of drug-likeness (QED) is 0.759. The van der Waals surface area contributed by atoms with Crippen LogP contribution in [0, 0.1) is 5.92 Å². The fourth-order valence-electron chi connectivity index (χ4n) is 3.32. The molecule has 9 heteroatoms. The number of aromatic nitrogens is 4. The van der Waals surface area contributed by atoms with Gasteiger partial charge in [-0.2, -0.15) is 22.1 Å². The zero-order chi connectivity index (χ0) is 18.7. The van der Waals surface area contributed by atoms with Crippen molar-refractivity contribution in [1.82, 2.24) is 28.4 Å². The fourth-order valence-corrected chi connectivity index (χ4v) is 4.54. The van der Waals surface area contributed by atoms with E-state index in [1.807, 2.05) is 17.8 Å². The van der Waals surface area contributed by atoms with Crippen molar-refractivity contribution in [3.63, 3.8) is 0 Å². The van der Waals surface area contributed by atoms with E-state index in [1.54, 1.807) is 37.0 Å². The van der Waals surface area contributed by atoms with Crippen molar-refractivity contribution in [3.05, 3.63) is 30.5 Å². The van der Waals surface area contributed by atoms with Crippen LogP contribution in [0.1, 0.15) is 25.5 Å². The van der Waals surface area contributed by atoms with Gasteiger partial charge in [0.2, 0.25) is 0 Å². The van der Waals surface area contributed by atoms with E-state index in [2.05, 4.69) is 15.1 Å². The second-order valence-corrected chi connectivity index (χ2v) is 8.94. The van der Waals surface area contributed by atoms with Crippen LogP contribution in [0.5, 0.6) is 0 Å². The number of hydrogen-bond acceptors (Lipinski definition) is 5. The molecule has 2 aromatic rings. The maximum absolute atomic E-state index is 12.4. The molecule has 1 aliphatic rings. The minimum absolute atomic E-state index is 0.232. The summed E-state index contributed by atoms with van der Waals surface area (Å²) in [5, 5.41) is 4.32. The third-order valence-electron chi connectivity index (χ3n) is 4.76. The van der Waals surface area contributed by atoms with Gasteiger partial charge in [0.05, 0.1) is 17.6 Å². The molecule has 26 heavy (non-hydrogen) atoms. The van der Waals surface area contributed by atoms with Gasteiger partial charge in [-0.05, 0) is 32.1 Å². The second kappa shape index (κ2) is 7.81. The molecule has 8 nitrogen and oxygen atoms in total. The molecule has 0 radical (unpaired) electrons. The van der Waals surface area contributed by atoms with Gasteiger partial charge in [0, 0.05) is 57.9 Å². The van der Waals surface area contributed by atoms with Gasteiger partial charge in [0.15, 0.2) is 0 Å². The minimum atomic E-state index is -3.37. The Hall–Kier alpha value is -1.84. The summed E-state index contributed by atoms with van der Waals surface area (Å²) >= 11 is 0. The first-order valence-corrected chi connectivity index (χ1v) is 10.3. The Kier molecular flexibility index (Phi) is 5.69. The molecular formula is C17H26N6O2S. The van der Waals surface area contributed by atoms with E-state index in [0.29, 0.717) is 19.5 Å². The van der Waals surface area contributed by atoms with Gasteiger partial charge in [-0.25, -0.2) is 0 Å². The molecule has 0 aliphatic carbocycles. The zero-order valence-electron chi connectivity index (χ0n) is 15.5. The van der Waals surface area contributed by atoms with Crippen LogP contribution in [0.2, 0.25) is 0 Å². The summed E-state index contributed by atoms with van der Waals surface area (Å²) in [6.45, 7) is 3.93. The van der Waals surface area contributed by atoms with Crippen molar-refractivity contribution in [2.24, 2.45) is 5.92 Å². The normalized spacial score (nSPS) is 19.2. The Balaban J connectivity index is 1.79. The number of nitrogens with zero attached hydrogens (tertiary/aromatic N) is 6. The summed E-state index contributed by atoms with van der Waals surface area (Å²) in [4.78, 5) is 9.03. The molecule has 0 N–H and O–H groups in total. The molecule has 1 fully saturated rings. The SMILES string of the molecule is CCn1cc(-c2nccnc2CC2CCCN(S(=O)(=O)N(C)C)C2)cn1. The smallest absolute Gasteiger partial charge is 0.272 e. The van der Waals surface area contributed by atoms with Crippen molar-refractivity contribution in [2.75, 3.05) is 27.2 Å². The standard InChI is InChI=1S/C17H26N6O2S/c1-4-22-13-15(11-20-22)17-16(18-7-8-19-17)10-14-6-5-9-23(12-14)26(24,25)21(2)3/h7-8,11,13-14H,4-6,9-10,12H2,1-3H3. The third kappa shape index (κ3) is 3.94. The Morgan fingerprint density at radius 1 is 1.27 bits per heavy atom. The number of rotatable bonds is 6. The monoisotopic (exact) mass is 378 g/mol. The first kappa shape index (κ1) is 18.9. The maximum atomic E-state index is 12.4. The largest absolute Gasteiger partial charge is 0.281 e. The van der Waals surface area contributed by atoms with E-state index in [-0.39, 0.29) is 5.92 Å². The average molecular weight is 379 g/mol. The van der Waals surface area contributed by atoms with E-state index in [1.165, 1.54) is 4.31 Å². The lowest BCUT2D eigenvalue weighted by Gasteiger charge is -2.33. The van der Waals surface area contributed by atoms with Gasteiger partial charge in [-0.1, -0.05) is 0 Å². The predicted molar refractivity (Wildman–Crippen MR) is 99.5 cm³/mol. The molecule has 1 atom stereocenters. The van der Waals surface area contributed by atoms with Crippen molar-refractivity contribution >= 4 is 10.2 Å². The number of piperidine rings is 1. The molecule has 1 aliphatic heterocycles. The van der Waals surface area contributed by atoms with E-state index in [4.69, 9.17) is 0 Å². The highest BCUT2D eigenvalue weighted by Crippen LogP contribution is 2.26. The highest BCUT2D eigenvalue weighted by atomic mass is 32.2. The molecule has 3 rings (SSSR count). The van der Waals surface area contributed by atoms with Gasteiger partial charge in [-0.15, -0.1) is 0 Å². The van der Waals surface area contributed by atoms with Crippen LogP contribution in [0.25, 0.3) is 11.3 Å². The van der Waals surface area contributed by atoms with Crippen LogP contribution in [-0.4, -0.2) is 64.0 Å². The van der Waals surface area contributed by atoms with Crippen LogP contribution in [0.4, 0.5) is 0 Å². The first-order valence-electron chi connectivity index (χ1n) is 8.92. The van der Waals surface area contributed by atoms with Gasteiger partial charge in [0.1, 0.15) is 0 Å². The van der Waals surface area contributed by atoms with Crippen LogP contribution < -0.4 is 0 Å². The number of hydrogen-bond donors (Lipinski definition) is 0. The van der Waals surface area contributed by atoms with Crippen molar-refractivity contribution in [3.8, 4) is 11.3 Å². The summed E-state index contributed by atoms with van der Waals surface area (Å²) in [6, 6.07) is 0. The molecule has 1 saturated heterocycles. The first-order chi connectivity index (χ1) is 12.4. The van der Waals surface area contributed by atoms with Crippen molar-refractivity contribution < 1.29 is 8.42 Å². The summed E-state index contributed by atoms with van der Waals surface area (Å²) in [7, 11) is -0.221. The van der Waals surface area contributed by atoms with Crippen molar-refractivity contribution in [1.29, 1.82) is 0 Å². The van der Waals surface area contributed by atoms with E-state index in [0.717, 1.165) is 36.3 Å². The molecule has 0 spiro atoms. The molecule has 3 heterocycles. The minimum Gasteiger partial charge on any atom is -0.272 e. The summed E-state index contributed by atoms with van der Waals surface area (Å²) in [5.41, 5.74) is 2.68. The highest BCUT2D eigenvalue weighted by molar-refractivity contribution is 7.86. The lowest BCUT2D eigenvalue weighted by atomic mass is 9.93. The molecule has 2 aromatic heterocycles. The van der Waals surface area contributed by atoms with Crippen LogP contribution in [-0.2, 0) is 23.2 Å². The third-order valence-corrected chi connectivity index (χ3v) is 6.66. The van der Waals surface area contributed by atoms with Gasteiger partial charge >= 0.3 is 0 Å². The van der Waals surface area contributed by atoms with Crippen LogP contribution in [0.3, 0.4) is 0 Å². The second-order valence-electron chi connectivity index (χ2n) is 6.80. The Morgan fingerprint density at radius 3 is 2.73 bits per heavy atom. The van der Waals surface area contributed by atoms with Crippen LogP contribution >= 0.6 is 0 Å². The summed E-state index contributed by atoms with van der Waals surface area (Å²) in [5.74, 6) is 0.232. The number of aryl methyl sites for hydroxylation is 1. The van der Waals surface area contributed by atoms with E-state index >= 15 is 0 Å². The molecule has 0 amide bonds. The molecule has 0 aromatic carbocycles. The Bertz CT molecular complexity index is 848. The lowest BCUT2D eigenvalue weighted by Crippen LogP contribution is -2.45. The molecule has 0 bridgehead atoms. The van der Waals surface area contributed by atoms with Crippen LogP contribution in [0.15, 0.2) is 24.8 Å². The zero-order valence-corrected chi connectivity index (χ0v) is 16.4. The van der Waals surface area contributed by atoms with Gasteiger partial charge in [-0.3, -0.25) is 14.6 Å². The lowest BCUT2D eigenvalue weighted by molar-refractivity contribution is 0.253. The van der Waals surface area contributed by atoms with E-state index in [9.17, 15) is 8.42 Å². The Morgan fingerprint density at radius 2 is 2.04 bits per heavy atom. The highest BCUT2D eigenvalue weighted by Gasteiger charge is 2.31. The molecule has 1 unspecified atom stereocenters. The van der Waals surface area contributed by atoms with E-state index < -0.39 is 10.2 Å². The predicted octanol–water partition coefficient (Wildman–Crippen LogP) is 1.42. The maximum Gasteiger partial charge on any atom is 0.281 e. The summed E-state index contributed by atoms with van der Waals surface area (Å²) < 4.78 is 29.6. The fraction of sp³-hybridized carbons (Fsp3) is 0.588. The topological polar surface area (TPSA) is 84.2 Å². The molecule has 142 valence electrons.